The zero-order valence-electron chi connectivity index (χ0n) is 36.8. The second-order valence-electron chi connectivity index (χ2n) is 13.2. The van der Waals surface area contributed by atoms with Crippen molar-refractivity contribution < 1.29 is 82.5 Å². The number of aliphatic hydroxyl groups excluding tert-OH is 1. The summed E-state index contributed by atoms with van der Waals surface area (Å²) >= 11 is 0. The van der Waals surface area contributed by atoms with E-state index in [1.807, 2.05) is 53.9 Å². The van der Waals surface area contributed by atoms with E-state index in [4.69, 9.17) is 20.3 Å². The minimum Gasteiger partial charge on any atom is -0.793 e. The number of pyridine rings is 2. The summed E-state index contributed by atoms with van der Waals surface area (Å²) in [6, 6.07) is 5.80. The maximum absolute atomic E-state index is 12.4. The van der Waals surface area contributed by atoms with Crippen LogP contribution in [0.25, 0.3) is 0 Å². The van der Waals surface area contributed by atoms with Gasteiger partial charge in [-0.3, -0.25) is 14.4 Å². The van der Waals surface area contributed by atoms with Gasteiger partial charge in [0.1, 0.15) is 12.1 Å². The molecule has 0 amide bonds. The van der Waals surface area contributed by atoms with Gasteiger partial charge in [0.15, 0.2) is 0 Å². The van der Waals surface area contributed by atoms with E-state index >= 15 is 0 Å². The second kappa shape index (κ2) is 36.3. The Kier molecular flexibility index (Phi) is 38.1. The van der Waals surface area contributed by atoms with Gasteiger partial charge in [0.2, 0.25) is 5.97 Å². The first kappa shape index (κ1) is 60.9. The van der Waals surface area contributed by atoms with Crippen LogP contribution in [-0.2, 0) is 60.7 Å². The number of aromatic nitrogens is 2. The van der Waals surface area contributed by atoms with Gasteiger partial charge < -0.3 is 47.1 Å². The fourth-order valence-electron chi connectivity index (χ4n) is 4.54. The SMILES string of the molecule is CC(=O)OOC(C)=O.CCOC(=O)C(CC(C)C)n1ccc(CCN(C)C)cc1=O.CCOC(=O)C(CC(C)C)n1ccc(CCN)cc1=O.CO.[B-]OC(C)=O.[Na+]. The molecule has 2 heterocycles. The molecule has 0 aromatic carbocycles. The van der Waals surface area contributed by atoms with Crippen molar-refractivity contribution in [2.45, 2.75) is 100 Å². The Morgan fingerprint density at radius 2 is 1.07 bits per heavy atom. The summed E-state index contributed by atoms with van der Waals surface area (Å²) in [6.07, 6.45) is 6.03. The monoisotopic (exact) mass is 831 g/mol. The van der Waals surface area contributed by atoms with Crippen molar-refractivity contribution in [1.82, 2.24) is 14.0 Å². The normalized spacial score (nSPS) is 10.9. The molecule has 2 atom stereocenters. The van der Waals surface area contributed by atoms with Crippen LogP contribution in [0.3, 0.4) is 0 Å². The minimum absolute atomic E-state index is 0. The molecule has 0 aliphatic rings. The molecule has 0 fully saturated rings. The molecule has 2 rings (SSSR count). The van der Waals surface area contributed by atoms with Crippen molar-refractivity contribution in [3.8, 4) is 0 Å². The van der Waals surface area contributed by atoms with Crippen LogP contribution in [0.1, 0.15) is 98.4 Å². The molecule has 0 bridgehead atoms. The van der Waals surface area contributed by atoms with Crippen molar-refractivity contribution in [1.29, 1.82) is 0 Å². The van der Waals surface area contributed by atoms with Crippen LogP contribution in [0.2, 0.25) is 0 Å². The molecule has 58 heavy (non-hydrogen) atoms. The van der Waals surface area contributed by atoms with Crippen LogP contribution in [0, 0.1) is 11.8 Å². The average molecular weight is 832 g/mol. The number of carbonyl (C=O) groups excluding carboxylic acids is 5. The first-order chi connectivity index (χ1) is 26.7. The van der Waals surface area contributed by atoms with Gasteiger partial charge in [-0.25, -0.2) is 29.0 Å². The molecule has 0 spiro atoms. The Morgan fingerprint density at radius 1 is 0.724 bits per heavy atom. The quantitative estimate of drug-likeness (QED) is 0.103. The predicted octanol–water partition coefficient (Wildman–Crippen LogP) is -0.124. The van der Waals surface area contributed by atoms with E-state index in [1.165, 1.54) is 16.1 Å². The maximum atomic E-state index is 12.4. The first-order valence-electron chi connectivity index (χ1n) is 18.5. The van der Waals surface area contributed by atoms with E-state index in [2.05, 4.69) is 27.4 Å². The van der Waals surface area contributed by atoms with Gasteiger partial charge in [-0.05, 0) is 95.3 Å². The molecule has 2 aromatic rings. The van der Waals surface area contributed by atoms with Gasteiger partial charge in [0, 0.05) is 59.0 Å². The molecule has 323 valence electrons. The van der Waals surface area contributed by atoms with Crippen molar-refractivity contribution in [3.63, 3.8) is 0 Å². The van der Waals surface area contributed by atoms with E-state index in [9.17, 15) is 33.6 Å². The van der Waals surface area contributed by atoms with Crippen LogP contribution in [0.15, 0.2) is 46.2 Å². The third-order valence-corrected chi connectivity index (χ3v) is 6.93. The molecular weight excluding hydrogens is 766 g/mol. The summed E-state index contributed by atoms with van der Waals surface area (Å²) in [7, 11) is 9.32. The molecule has 3 N–H and O–H groups in total. The van der Waals surface area contributed by atoms with Crippen LogP contribution in [0.4, 0.5) is 0 Å². The van der Waals surface area contributed by atoms with Crippen LogP contribution in [-0.4, -0.2) is 105 Å². The Hall–Kier alpha value is -3.81. The van der Waals surface area contributed by atoms with Gasteiger partial charge in [-0.15, -0.1) is 0 Å². The molecule has 2 unspecified atom stereocenters. The molecule has 0 aliphatic carbocycles. The number of rotatable bonds is 15. The van der Waals surface area contributed by atoms with Gasteiger partial charge in [0.25, 0.3) is 11.1 Å². The summed E-state index contributed by atoms with van der Waals surface area (Å²) in [5.74, 6) is -1.84. The van der Waals surface area contributed by atoms with Crippen LogP contribution >= 0.6 is 0 Å². The number of nitrogens with zero attached hydrogens (tertiary/aromatic N) is 3. The van der Waals surface area contributed by atoms with Gasteiger partial charge in [-0.2, -0.15) is 0 Å². The van der Waals surface area contributed by atoms with E-state index in [-0.39, 0.29) is 52.6 Å². The zero-order valence-corrected chi connectivity index (χ0v) is 38.8. The number of nitrogens with two attached hydrogens (primary N) is 1. The number of hydrogen-bond acceptors (Lipinski definition) is 15. The summed E-state index contributed by atoms with van der Waals surface area (Å²) in [5, 5.41) is 7.00. The predicted molar refractivity (Wildman–Crippen MR) is 216 cm³/mol. The molecule has 0 saturated heterocycles. The summed E-state index contributed by atoms with van der Waals surface area (Å²) < 4.78 is 16.8. The Labute approximate surface area is 366 Å². The molecule has 0 aliphatic heterocycles. The van der Waals surface area contributed by atoms with Crippen molar-refractivity contribution in [2.24, 2.45) is 17.6 Å². The number of aliphatic hydroxyl groups is 1. The van der Waals surface area contributed by atoms with Crippen LogP contribution < -0.4 is 46.4 Å². The Morgan fingerprint density at radius 3 is 1.31 bits per heavy atom. The van der Waals surface area contributed by atoms with Crippen LogP contribution in [0.5, 0.6) is 0 Å². The average Bonchev–Trinajstić information content (AvgIpc) is 3.13. The van der Waals surface area contributed by atoms with E-state index in [0.29, 0.717) is 50.9 Å². The number of esters is 2. The molecule has 0 saturated carbocycles. The van der Waals surface area contributed by atoms with Crippen molar-refractivity contribution in [3.05, 3.63) is 68.5 Å². The second-order valence-corrected chi connectivity index (χ2v) is 13.2. The molecule has 2 aromatic heterocycles. The largest absolute Gasteiger partial charge is 1.00 e. The molecule has 3 radical (unpaired) electrons. The zero-order chi connectivity index (χ0) is 44.7. The van der Waals surface area contributed by atoms with E-state index in [1.54, 1.807) is 38.4 Å². The fraction of sp³-hybridized carbons (Fsp3) is 0.615. The van der Waals surface area contributed by atoms with Gasteiger partial charge in [0.05, 0.1) is 13.2 Å². The fourth-order valence-corrected chi connectivity index (χ4v) is 4.54. The molecule has 19 heteroatoms. The number of ether oxygens (including phenoxy) is 2. The number of hydrogen-bond donors (Lipinski definition) is 2. The third-order valence-electron chi connectivity index (χ3n) is 6.93. The summed E-state index contributed by atoms with van der Waals surface area (Å²) in [6.45, 7) is 17.2. The minimum atomic E-state index is -0.639. The van der Waals surface area contributed by atoms with Gasteiger partial charge >= 0.3 is 53.4 Å². The number of carbonyl (C=O) groups is 5. The third kappa shape index (κ3) is 30.3. The number of likely N-dealkylation sites (N-methyl/N-ethyl adjacent to an activating group) is 1. The Bertz CT molecular complexity index is 1570. The van der Waals surface area contributed by atoms with E-state index in [0.717, 1.165) is 45.0 Å². The van der Waals surface area contributed by atoms with E-state index < -0.39 is 30.0 Å². The first-order valence-corrected chi connectivity index (χ1v) is 18.5. The van der Waals surface area contributed by atoms with Gasteiger partial charge in [-0.1, -0.05) is 27.7 Å². The smallest absolute Gasteiger partial charge is 0.793 e. The molecule has 17 nitrogen and oxygen atoms in total. The molecular formula is C39H65BN4NaO13. The van der Waals surface area contributed by atoms with Crippen molar-refractivity contribution in [2.75, 3.05) is 47.5 Å². The summed E-state index contributed by atoms with van der Waals surface area (Å²) in [5.41, 5.74) is 7.03. The standard InChI is InChI=1S/C17H28N2O3.C15H24N2O3.C4H6O4.C2H3BO2.CH4O.Na/c1-6-22-17(21)15(11-13(2)3)19-10-8-14(12-16(19)20)7-9-18(4)5;1-4-20-15(19)13(9-11(2)3)17-8-6-12(5-7-16)10-14(17)18;1-3(5)7-8-4(2)6;1-2(4)5-3;1-2;/h8,10,12-13,15H,6-7,9,11H2,1-5H3;6,8,10-11,13H,4-5,7,9,16H2,1-3H3;1-2H3;1H3;2H,1H3;/q;;;-1;;+1. The summed E-state index contributed by atoms with van der Waals surface area (Å²) in [4.78, 5) is 87.6. The topological polar surface area (TPSA) is 225 Å². The Balaban J connectivity index is -0.000000370. The maximum Gasteiger partial charge on any atom is 1.00 e. The van der Waals surface area contributed by atoms with Crippen molar-refractivity contribution >= 4 is 37.9 Å².